The molecule has 0 saturated carbocycles. The number of carbonyl (C=O) groups excluding carboxylic acids is 3. The van der Waals surface area contributed by atoms with Crippen LogP contribution in [-0.2, 0) is 4.79 Å². The van der Waals surface area contributed by atoms with Crippen molar-refractivity contribution in [2.75, 3.05) is 6.61 Å². The zero-order valence-electron chi connectivity index (χ0n) is 10.4. The molecule has 0 aliphatic carbocycles. The lowest BCUT2D eigenvalue weighted by Crippen LogP contribution is -2.69. The molecule has 0 spiro atoms. The summed E-state index contributed by atoms with van der Waals surface area (Å²) in [5, 5.41) is 28.6. The van der Waals surface area contributed by atoms with Gasteiger partial charge in [0.05, 0.1) is 6.61 Å². The normalized spacial score (nSPS) is 16.6. The molecule has 0 heterocycles. The average molecular weight is 294 g/mol. The highest BCUT2D eigenvalue weighted by atomic mass is 16.3. The van der Waals surface area contributed by atoms with Gasteiger partial charge in [0, 0.05) is 0 Å². The summed E-state index contributed by atoms with van der Waals surface area (Å²) >= 11 is 0. The first-order valence-corrected chi connectivity index (χ1v) is 5.28. The molecule has 20 heavy (non-hydrogen) atoms. The van der Waals surface area contributed by atoms with E-state index < -0.39 is 43.0 Å². The van der Waals surface area contributed by atoms with Gasteiger partial charge in [-0.1, -0.05) is 0 Å². The van der Waals surface area contributed by atoms with Gasteiger partial charge in [0.1, 0.15) is 24.3 Å². The number of hydrazine groups is 2. The SMILES string of the molecule is NC(=O)N(N)[C@H]([C@H]([C@@H](O)C=O)N(N)C(N)=O)[C@H](O)CO. The number of primary amides is 2. The molecule has 0 aliphatic heterocycles. The van der Waals surface area contributed by atoms with E-state index in [2.05, 4.69) is 0 Å². The Hall–Kier alpha value is -1.99. The van der Waals surface area contributed by atoms with Crippen LogP contribution in [0.2, 0.25) is 0 Å². The smallest absolute Gasteiger partial charge is 0.329 e. The molecule has 116 valence electrons. The van der Waals surface area contributed by atoms with Gasteiger partial charge in [-0.15, -0.1) is 0 Å². The first-order chi connectivity index (χ1) is 9.18. The Labute approximate surface area is 113 Å². The maximum absolute atomic E-state index is 11.1. The van der Waals surface area contributed by atoms with Crippen LogP contribution in [0, 0.1) is 0 Å². The Kier molecular flexibility index (Phi) is 6.81. The molecule has 0 saturated heterocycles. The third kappa shape index (κ3) is 4.01. The van der Waals surface area contributed by atoms with Gasteiger partial charge in [-0.25, -0.2) is 21.3 Å². The molecule has 0 fully saturated rings. The van der Waals surface area contributed by atoms with Crippen molar-refractivity contribution in [2.45, 2.75) is 24.3 Å². The molecule has 0 unspecified atom stereocenters. The van der Waals surface area contributed by atoms with Gasteiger partial charge in [0.25, 0.3) is 0 Å². The van der Waals surface area contributed by atoms with E-state index in [1.54, 1.807) is 0 Å². The van der Waals surface area contributed by atoms with Crippen LogP contribution >= 0.6 is 0 Å². The molecule has 11 N–H and O–H groups in total. The Balaban J connectivity index is 5.67. The summed E-state index contributed by atoms with van der Waals surface area (Å²) in [5.74, 6) is 10.6. The summed E-state index contributed by atoms with van der Waals surface area (Å²) < 4.78 is 0. The van der Waals surface area contributed by atoms with Crippen LogP contribution < -0.4 is 23.2 Å². The summed E-state index contributed by atoms with van der Waals surface area (Å²) in [6.07, 6.45) is -3.71. The largest absolute Gasteiger partial charge is 0.394 e. The van der Waals surface area contributed by atoms with Crippen LogP contribution in [0.25, 0.3) is 0 Å². The number of rotatable bonds is 7. The maximum atomic E-state index is 11.1. The third-order valence-corrected chi connectivity index (χ3v) is 2.57. The van der Waals surface area contributed by atoms with Gasteiger partial charge in [-0.3, -0.25) is 10.0 Å². The second-order valence-electron chi connectivity index (χ2n) is 3.85. The Morgan fingerprint density at radius 3 is 1.75 bits per heavy atom. The maximum Gasteiger partial charge on any atom is 0.329 e. The van der Waals surface area contributed by atoms with Crippen molar-refractivity contribution in [1.29, 1.82) is 0 Å². The highest BCUT2D eigenvalue weighted by Crippen LogP contribution is 2.14. The second-order valence-corrected chi connectivity index (χ2v) is 3.85. The molecule has 0 rings (SSSR count). The highest BCUT2D eigenvalue weighted by molar-refractivity contribution is 5.74. The highest BCUT2D eigenvalue weighted by Gasteiger charge is 2.42. The lowest BCUT2D eigenvalue weighted by atomic mass is 9.97. The van der Waals surface area contributed by atoms with Crippen LogP contribution in [0.4, 0.5) is 9.59 Å². The molecule has 12 nitrogen and oxygen atoms in total. The average Bonchev–Trinajstić information content (AvgIpc) is 2.41. The second kappa shape index (κ2) is 7.56. The number of carbonyl (C=O) groups is 3. The van der Waals surface area contributed by atoms with Gasteiger partial charge in [0.15, 0.2) is 6.29 Å². The summed E-state index contributed by atoms with van der Waals surface area (Å²) in [7, 11) is 0. The molecule has 0 aromatic heterocycles. The molecule has 0 aromatic rings. The van der Waals surface area contributed by atoms with Gasteiger partial charge < -0.3 is 31.6 Å². The summed E-state index contributed by atoms with van der Waals surface area (Å²) in [6, 6.07) is -5.92. The number of amides is 4. The Morgan fingerprint density at radius 1 is 1.05 bits per heavy atom. The summed E-state index contributed by atoms with van der Waals surface area (Å²) in [4.78, 5) is 32.8. The molecule has 0 radical (unpaired) electrons. The summed E-state index contributed by atoms with van der Waals surface area (Å²) in [6.45, 7) is -0.916. The lowest BCUT2D eigenvalue weighted by Gasteiger charge is -2.39. The number of aliphatic hydroxyl groups is 3. The van der Waals surface area contributed by atoms with E-state index in [1.807, 2.05) is 0 Å². The topological polar surface area (TPSA) is 222 Å². The molecular formula is C8H18N6O6. The minimum Gasteiger partial charge on any atom is -0.394 e. The van der Waals surface area contributed by atoms with Gasteiger partial charge in [0.2, 0.25) is 0 Å². The van der Waals surface area contributed by atoms with E-state index in [4.69, 9.17) is 28.3 Å². The minimum atomic E-state index is -1.94. The molecule has 0 aromatic carbocycles. The monoisotopic (exact) mass is 294 g/mol. The van der Waals surface area contributed by atoms with Crippen molar-refractivity contribution in [2.24, 2.45) is 23.2 Å². The zero-order valence-corrected chi connectivity index (χ0v) is 10.4. The van der Waals surface area contributed by atoms with Crippen molar-refractivity contribution in [3.63, 3.8) is 0 Å². The van der Waals surface area contributed by atoms with Gasteiger partial charge >= 0.3 is 12.1 Å². The van der Waals surface area contributed by atoms with Crippen LogP contribution in [0.3, 0.4) is 0 Å². The van der Waals surface area contributed by atoms with Crippen LogP contribution in [0.15, 0.2) is 0 Å². The fourth-order valence-corrected chi connectivity index (χ4v) is 1.59. The van der Waals surface area contributed by atoms with E-state index in [0.29, 0.717) is 0 Å². The standard InChI is InChI=1S/C8H18N6O6/c9-7(19)13(11)5(3(17)1-15)6(4(18)2-16)14(12)8(10)20/h1,3-6,16-18H,2,11-12H2,(H2,9,19)(H2,10,20)/t3-,4+,5-,6-/m0/s1. The molecular weight excluding hydrogens is 276 g/mol. The number of nitrogens with zero attached hydrogens (tertiary/aromatic N) is 2. The lowest BCUT2D eigenvalue weighted by molar-refractivity contribution is -0.121. The predicted molar refractivity (Wildman–Crippen MR) is 64.0 cm³/mol. The number of hydrogen-bond donors (Lipinski definition) is 7. The van der Waals surface area contributed by atoms with Crippen molar-refractivity contribution in [3.8, 4) is 0 Å². The van der Waals surface area contributed by atoms with Crippen molar-refractivity contribution in [3.05, 3.63) is 0 Å². The third-order valence-electron chi connectivity index (χ3n) is 2.57. The first kappa shape index (κ1) is 18.0. The number of aliphatic hydroxyl groups excluding tert-OH is 3. The fraction of sp³-hybridized carbons (Fsp3) is 0.625. The first-order valence-electron chi connectivity index (χ1n) is 5.28. The van der Waals surface area contributed by atoms with Crippen molar-refractivity contribution in [1.82, 2.24) is 10.0 Å². The van der Waals surface area contributed by atoms with Crippen molar-refractivity contribution >= 4 is 18.3 Å². The number of nitrogens with two attached hydrogens (primary N) is 4. The quantitative estimate of drug-likeness (QED) is 0.104. The molecule has 4 atom stereocenters. The van der Waals surface area contributed by atoms with Crippen LogP contribution in [-0.4, -0.2) is 74.6 Å². The van der Waals surface area contributed by atoms with E-state index in [9.17, 15) is 24.6 Å². The number of urea groups is 2. The zero-order chi connectivity index (χ0) is 16.0. The summed E-state index contributed by atoms with van der Waals surface area (Å²) in [5.41, 5.74) is 9.81. The number of hydrogen-bond acceptors (Lipinski definition) is 8. The molecule has 0 aliphatic rings. The Morgan fingerprint density at radius 2 is 1.45 bits per heavy atom. The van der Waals surface area contributed by atoms with E-state index in [0.717, 1.165) is 0 Å². The van der Waals surface area contributed by atoms with E-state index in [1.165, 1.54) is 0 Å². The molecule has 12 heteroatoms. The fourth-order valence-electron chi connectivity index (χ4n) is 1.59. The predicted octanol–water partition coefficient (Wildman–Crippen LogP) is -4.85. The number of aldehydes is 1. The van der Waals surface area contributed by atoms with Crippen molar-refractivity contribution < 1.29 is 29.7 Å². The van der Waals surface area contributed by atoms with Crippen LogP contribution in [0.5, 0.6) is 0 Å². The molecule has 0 bridgehead atoms. The molecule has 4 amide bonds. The van der Waals surface area contributed by atoms with Gasteiger partial charge in [-0.05, 0) is 0 Å². The van der Waals surface area contributed by atoms with E-state index in [-0.39, 0.29) is 16.3 Å². The van der Waals surface area contributed by atoms with E-state index >= 15 is 0 Å². The Bertz CT molecular complexity index is 367. The van der Waals surface area contributed by atoms with Gasteiger partial charge in [-0.2, -0.15) is 0 Å². The minimum absolute atomic E-state index is 0.0145. The van der Waals surface area contributed by atoms with Crippen LogP contribution in [0.1, 0.15) is 0 Å².